The second kappa shape index (κ2) is 4.31. The van der Waals surface area contributed by atoms with E-state index in [4.69, 9.17) is 24.5 Å². The molecule has 16 heavy (non-hydrogen) atoms. The zero-order valence-corrected chi connectivity index (χ0v) is 9.44. The number of hydrogen-bond donors (Lipinski definition) is 5. The van der Waals surface area contributed by atoms with Gasteiger partial charge in [0.2, 0.25) is 0 Å². The third-order valence-corrected chi connectivity index (χ3v) is 5.19. The Morgan fingerprint density at radius 3 is 2.25 bits per heavy atom. The van der Waals surface area contributed by atoms with Gasteiger partial charge in [-0.3, -0.25) is 13.9 Å². The van der Waals surface area contributed by atoms with Gasteiger partial charge in [0.1, 0.15) is 6.33 Å². The molecule has 11 heteroatoms. The largest absolute Gasteiger partial charge is 0.429 e. The summed E-state index contributed by atoms with van der Waals surface area (Å²) in [5.74, 6) is -1.34. The van der Waals surface area contributed by atoms with Crippen molar-refractivity contribution in [1.82, 2.24) is 9.55 Å². The highest BCUT2D eigenvalue weighted by Crippen LogP contribution is 2.65. The van der Waals surface area contributed by atoms with E-state index < -0.39 is 26.8 Å². The summed E-state index contributed by atoms with van der Waals surface area (Å²) in [5, 5.41) is -2.59. The number of carbonyl (C=O) groups is 1. The number of aromatic nitrogens is 2. The topological polar surface area (TPSA) is 153 Å². The van der Waals surface area contributed by atoms with Crippen molar-refractivity contribution in [2.45, 2.75) is 5.40 Å². The Balaban J connectivity index is 3.15. The maximum atomic E-state index is 11.5. The summed E-state index contributed by atoms with van der Waals surface area (Å²) < 4.78 is 11.5. The molecule has 0 aromatic carbocycles. The third kappa shape index (κ3) is 2.93. The van der Waals surface area contributed by atoms with Crippen LogP contribution in [0.5, 0.6) is 0 Å². The van der Waals surface area contributed by atoms with Crippen molar-refractivity contribution in [2.75, 3.05) is 0 Å². The van der Waals surface area contributed by atoms with Crippen molar-refractivity contribution in [3.63, 3.8) is 0 Å². The van der Waals surface area contributed by atoms with E-state index in [2.05, 4.69) is 4.98 Å². The smallest absolute Gasteiger partial charge is 0.321 e. The Morgan fingerprint density at radius 1 is 1.38 bits per heavy atom. The van der Waals surface area contributed by atoms with Gasteiger partial charge in [-0.1, -0.05) is 0 Å². The van der Waals surface area contributed by atoms with Crippen molar-refractivity contribution in [3.8, 4) is 0 Å². The van der Waals surface area contributed by atoms with Gasteiger partial charge in [0.25, 0.3) is 5.91 Å². The van der Waals surface area contributed by atoms with Crippen LogP contribution in [0.1, 0.15) is 4.79 Å². The SMILES string of the molecule is O=C(C(P(=O)(O)O)[P+](O)(O)O)n1ccnc1. The highest BCUT2D eigenvalue weighted by molar-refractivity contribution is 7.75. The van der Waals surface area contributed by atoms with Crippen LogP contribution in [0.3, 0.4) is 0 Å². The van der Waals surface area contributed by atoms with E-state index in [1.807, 2.05) is 0 Å². The van der Waals surface area contributed by atoms with Crippen molar-refractivity contribution < 1.29 is 33.8 Å². The van der Waals surface area contributed by atoms with Gasteiger partial charge in [0.15, 0.2) is 0 Å². The van der Waals surface area contributed by atoms with E-state index in [9.17, 15) is 9.36 Å². The molecule has 0 aliphatic rings. The van der Waals surface area contributed by atoms with Gasteiger partial charge in [-0.15, -0.1) is 0 Å². The van der Waals surface area contributed by atoms with Gasteiger partial charge < -0.3 is 9.79 Å². The molecule has 9 nitrogen and oxygen atoms in total. The lowest BCUT2D eigenvalue weighted by atomic mass is 10.6. The normalized spacial score (nSPS) is 14.8. The predicted octanol–water partition coefficient (Wildman–Crippen LogP) is -1.23. The van der Waals surface area contributed by atoms with Crippen LogP contribution >= 0.6 is 15.5 Å². The molecule has 1 heterocycles. The molecule has 0 bridgehead atoms. The molecule has 0 aliphatic carbocycles. The standard InChI is InChI=1S/C5H8N2O7P2/c8-4(7-2-1-6-3-7)5(15(9,10)11)16(12,13)14/h1-3,5,9-11H,(H-,12,13,14)/p+1. The maximum absolute atomic E-state index is 11.5. The lowest BCUT2D eigenvalue weighted by molar-refractivity contribution is 0.0910. The molecule has 0 saturated carbocycles. The Labute approximate surface area is 89.7 Å². The monoisotopic (exact) mass is 271 g/mol. The Hall–Kier alpha value is -0.660. The van der Waals surface area contributed by atoms with Crippen LogP contribution in [-0.2, 0) is 4.57 Å². The van der Waals surface area contributed by atoms with Gasteiger partial charge in [0, 0.05) is 12.4 Å². The zero-order valence-electron chi connectivity index (χ0n) is 7.65. The van der Waals surface area contributed by atoms with Crippen molar-refractivity contribution >= 4 is 21.4 Å². The summed E-state index contributed by atoms with van der Waals surface area (Å²) in [6, 6.07) is 0. The molecule has 0 fully saturated rings. The number of imidazole rings is 1. The molecule has 0 saturated heterocycles. The first-order valence-corrected chi connectivity index (χ1v) is 7.18. The molecule has 1 atom stereocenters. The fraction of sp³-hybridized carbons (Fsp3) is 0.200. The molecule has 0 radical (unpaired) electrons. The average Bonchev–Trinajstić information content (AvgIpc) is 2.48. The third-order valence-electron chi connectivity index (χ3n) is 1.63. The van der Waals surface area contributed by atoms with E-state index >= 15 is 0 Å². The lowest BCUT2D eigenvalue weighted by Gasteiger charge is -2.16. The summed E-state index contributed by atoms with van der Waals surface area (Å²) in [4.78, 5) is 59.1. The van der Waals surface area contributed by atoms with Crippen LogP contribution in [0.25, 0.3) is 0 Å². The van der Waals surface area contributed by atoms with Gasteiger partial charge in [-0.05, 0) is 0 Å². The maximum Gasteiger partial charge on any atom is 0.429 e. The fourth-order valence-corrected chi connectivity index (χ4v) is 3.48. The predicted molar refractivity (Wildman–Crippen MR) is 52.3 cm³/mol. The quantitative estimate of drug-likeness (QED) is 0.428. The number of hydrogen-bond acceptors (Lipinski definition) is 6. The van der Waals surface area contributed by atoms with E-state index in [0.717, 1.165) is 18.7 Å². The van der Waals surface area contributed by atoms with Gasteiger partial charge in [0.05, 0.1) is 0 Å². The molecule has 5 N–H and O–H groups in total. The molecule has 0 aliphatic heterocycles. The number of carbonyl (C=O) groups excluding carboxylic acids is 1. The van der Waals surface area contributed by atoms with E-state index in [-0.39, 0.29) is 0 Å². The van der Waals surface area contributed by atoms with Crippen LogP contribution in [-0.4, -0.2) is 45.3 Å². The Bertz CT molecular complexity index is 418. The minimum Gasteiger partial charge on any atom is -0.321 e. The molecule has 1 unspecified atom stereocenters. The molecule has 90 valence electrons. The summed E-state index contributed by atoms with van der Waals surface area (Å²) >= 11 is 0. The molecule has 0 spiro atoms. The average molecular weight is 271 g/mol. The summed E-state index contributed by atoms with van der Waals surface area (Å²) in [7, 11) is -10.2. The zero-order chi connectivity index (χ0) is 12.6. The number of rotatable bonds is 3. The fourth-order valence-electron chi connectivity index (χ4n) is 1.02. The highest BCUT2D eigenvalue weighted by Gasteiger charge is 2.60. The first kappa shape index (κ1) is 13.4. The van der Waals surface area contributed by atoms with E-state index in [0.29, 0.717) is 4.57 Å². The van der Waals surface area contributed by atoms with Crippen LogP contribution in [0.2, 0.25) is 0 Å². The van der Waals surface area contributed by atoms with Crippen molar-refractivity contribution in [3.05, 3.63) is 18.7 Å². The molecular formula is C5H9N2O7P2+. The van der Waals surface area contributed by atoms with Crippen molar-refractivity contribution in [1.29, 1.82) is 0 Å². The van der Waals surface area contributed by atoms with E-state index in [1.165, 1.54) is 0 Å². The molecular weight excluding hydrogens is 262 g/mol. The van der Waals surface area contributed by atoms with E-state index in [1.54, 1.807) is 0 Å². The highest BCUT2D eigenvalue weighted by atomic mass is 31.3. The Morgan fingerprint density at radius 2 is 1.94 bits per heavy atom. The van der Waals surface area contributed by atoms with Crippen LogP contribution in [0.4, 0.5) is 0 Å². The molecule has 1 aromatic rings. The summed E-state index contributed by atoms with van der Waals surface area (Å²) in [6.07, 6.45) is 3.13. The summed E-state index contributed by atoms with van der Waals surface area (Å²) in [6.45, 7) is 0. The molecule has 1 rings (SSSR count). The second-order valence-corrected chi connectivity index (χ2v) is 6.73. The molecule has 1 aromatic heterocycles. The van der Waals surface area contributed by atoms with Crippen LogP contribution < -0.4 is 0 Å². The Kier molecular flexibility index (Phi) is 3.61. The minimum absolute atomic E-state index is 0.640. The minimum atomic E-state index is -5.19. The second-order valence-electron chi connectivity index (χ2n) is 2.89. The van der Waals surface area contributed by atoms with Gasteiger partial charge in [-0.25, -0.2) is 4.98 Å². The number of nitrogens with zero attached hydrogens (tertiary/aromatic N) is 2. The van der Waals surface area contributed by atoms with Gasteiger partial charge >= 0.3 is 20.9 Å². The lowest BCUT2D eigenvalue weighted by Crippen LogP contribution is -2.28. The molecule has 0 amide bonds. The van der Waals surface area contributed by atoms with Crippen LogP contribution in [0, 0.1) is 0 Å². The van der Waals surface area contributed by atoms with Crippen LogP contribution in [0.15, 0.2) is 18.7 Å². The first-order chi connectivity index (χ1) is 7.14. The van der Waals surface area contributed by atoms with Crippen molar-refractivity contribution in [2.24, 2.45) is 0 Å². The summed E-state index contributed by atoms with van der Waals surface area (Å²) in [5.41, 5.74) is 0. The first-order valence-electron chi connectivity index (χ1n) is 3.78. The van der Waals surface area contributed by atoms with Gasteiger partial charge in [-0.2, -0.15) is 14.7 Å².